The van der Waals surface area contributed by atoms with Crippen LogP contribution in [0, 0.1) is 0 Å². The lowest BCUT2D eigenvalue weighted by atomic mass is 10.1. The van der Waals surface area contributed by atoms with Crippen LogP contribution in [0.3, 0.4) is 0 Å². The molecule has 8 nitrogen and oxygen atoms in total. The van der Waals surface area contributed by atoms with Crippen molar-refractivity contribution in [3.63, 3.8) is 0 Å². The third-order valence-electron chi connectivity index (χ3n) is 5.63. The predicted octanol–water partition coefficient (Wildman–Crippen LogP) is 4.19. The molecule has 0 aromatic heterocycles. The number of halogens is 1. The molecular weight excluding hydrogens is 566 g/mol. The average molecular weight is 595 g/mol. The molecule has 0 radical (unpaired) electrons. The van der Waals surface area contributed by atoms with Crippen LogP contribution in [0.5, 0.6) is 0 Å². The number of anilines is 1. The number of rotatable bonds is 5. The molecule has 2 fully saturated rings. The van der Waals surface area contributed by atoms with Crippen molar-refractivity contribution in [3.8, 4) is 0 Å². The molecule has 36 heavy (non-hydrogen) atoms. The van der Waals surface area contributed by atoms with E-state index in [0.717, 1.165) is 15.7 Å². The number of thioether (sulfide) groups is 1. The highest BCUT2D eigenvalue weighted by Gasteiger charge is 2.49. The van der Waals surface area contributed by atoms with Gasteiger partial charge in [-0.2, -0.15) is 4.99 Å². The zero-order valence-electron chi connectivity index (χ0n) is 20.2. The van der Waals surface area contributed by atoms with Gasteiger partial charge in [0.15, 0.2) is 15.0 Å². The monoisotopic (exact) mass is 593 g/mol. The van der Waals surface area contributed by atoms with E-state index >= 15 is 0 Å². The standard InChI is InChI=1S/C25H28BrN3O5S2/c1-25(2,3)34-24(31)27-19(12-16-8-5-4-6-9-16)22(30)28-23-29(18-11-7-10-17(26)13-18)20-14-36(32,33)15-21(20)35-23/h4-11,13,19-21H,12,14-15H2,1-3H3,(H,27,31)/t19-,20-,21-/m1/s1. The van der Waals surface area contributed by atoms with Gasteiger partial charge in [0.1, 0.15) is 11.6 Å². The Morgan fingerprint density at radius 2 is 1.89 bits per heavy atom. The number of amides is 2. The van der Waals surface area contributed by atoms with Crippen LogP contribution in [-0.4, -0.2) is 60.0 Å². The van der Waals surface area contributed by atoms with E-state index in [2.05, 4.69) is 26.2 Å². The van der Waals surface area contributed by atoms with Crippen LogP contribution in [-0.2, 0) is 25.8 Å². The third kappa shape index (κ3) is 6.68. The van der Waals surface area contributed by atoms with Crippen molar-refractivity contribution in [2.75, 3.05) is 16.4 Å². The molecule has 2 aromatic rings. The number of amidine groups is 1. The van der Waals surface area contributed by atoms with E-state index in [4.69, 9.17) is 4.74 Å². The summed E-state index contributed by atoms with van der Waals surface area (Å²) in [6.45, 7) is 5.25. The van der Waals surface area contributed by atoms with Gasteiger partial charge in [-0.15, -0.1) is 0 Å². The summed E-state index contributed by atoms with van der Waals surface area (Å²) in [5, 5.41) is 2.87. The minimum absolute atomic E-state index is 0.00596. The van der Waals surface area contributed by atoms with Crippen LogP contribution in [0.1, 0.15) is 26.3 Å². The second-order valence-electron chi connectivity index (χ2n) is 9.77. The minimum Gasteiger partial charge on any atom is -0.444 e. The van der Waals surface area contributed by atoms with Crippen molar-refractivity contribution in [2.45, 2.75) is 50.1 Å². The number of aliphatic imine (C=N–C) groups is 1. The molecule has 2 heterocycles. The SMILES string of the molecule is CC(C)(C)OC(=O)N[C@H](Cc1ccccc1)C(=O)N=C1S[C@@H]2CS(=O)(=O)C[C@H]2N1c1cccc(Br)c1. The first-order valence-electron chi connectivity index (χ1n) is 11.5. The van der Waals surface area contributed by atoms with Crippen LogP contribution in [0.15, 0.2) is 64.1 Å². The van der Waals surface area contributed by atoms with Gasteiger partial charge in [-0.25, -0.2) is 13.2 Å². The van der Waals surface area contributed by atoms with Gasteiger partial charge in [0.2, 0.25) is 0 Å². The number of nitrogens with one attached hydrogen (secondary N) is 1. The first-order chi connectivity index (χ1) is 16.9. The second kappa shape index (κ2) is 10.5. The molecule has 2 saturated heterocycles. The smallest absolute Gasteiger partial charge is 0.408 e. The van der Waals surface area contributed by atoms with Crippen molar-refractivity contribution in [1.82, 2.24) is 5.32 Å². The number of ether oxygens (including phenoxy) is 1. The number of hydrogen-bond donors (Lipinski definition) is 1. The van der Waals surface area contributed by atoms with Gasteiger partial charge in [-0.1, -0.05) is 64.1 Å². The number of benzene rings is 2. The fraction of sp³-hybridized carbons (Fsp3) is 0.400. The summed E-state index contributed by atoms with van der Waals surface area (Å²) < 4.78 is 30.9. The molecule has 0 aliphatic carbocycles. The van der Waals surface area contributed by atoms with Gasteiger partial charge in [0.25, 0.3) is 5.91 Å². The Kier molecular flexibility index (Phi) is 7.82. The summed E-state index contributed by atoms with van der Waals surface area (Å²) >= 11 is 4.76. The van der Waals surface area contributed by atoms with Gasteiger partial charge >= 0.3 is 6.09 Å². The summed E-state index contributed by atoms with van der Waals surface area (Å²) in [4.78, 5) is 32.3. The van der Waals surface area contributed by atoms with Crippen LogP contribution in [0.25, 0.3) is 0 Å². The summed E-state index contributed by atoms with van der Waals surface area (Å²) in [5.74, 6) is -0.507. The Labute approximate surface area is 223 Å². The molecule has 0 spiro atoms. The molecule has 0 unspecified atom stereocenters. The van der Waals surface area contributed by atoms with Gasteiger partial charge < -0.3 is 15.0 Å². The quantitative estimate of drug-likeness (QED) is 0.554. The molecular formula is C25H28BrN3O5S2. The van der Waals surface area contributed by atoms with Crippen LogP contribution in [0.4, 0.5) is 10.5 Å². The first-order valence-corrected chi connectivity index (χ1v) is 15.0. The van der Waals surface area contributed by atoms with Crippen molar-refractivity contribution >= 4 is 60.4 Å². The van der Waals surface area contributed by atoms with Gasteiger partial charge in [0, 0.05) is 21.8 Å². The van der Waals surface area contributed by atoms with Crippen LogP contribution < -0.4 is 10.2 Å². The van der Waals surface area contributed by atoms with E-state index in [1.807, 2.05) is 59.5 Å². The lowest BCUT2D eigenvalue weighted by molar-refractivity contribution is -0.119. The fourth-order valence-electron chi connectivity index (χ4n) is 4.16. The normalized spacial score (nSPS) is 22.8. The number of fused-ring (bicyclic) bond motifs is 1. The molecule has 2 aliphatic rings. The van der Waals surface area contributed by atoms with Gasteiger partial charge in [0.05, 0.1) is 17.5 Å². The zero-order chi connectivity index (χ0) is 26.1. The molecule has 0 saturated carbocycles. The van der Waals surface area contributed by atoms with E-state index in [0.29, 0.717) is 5.17 Å². The second-order valence-corrected chi connectivity index (χ2v) is 14.0. The number of carbonyl (C=O) groups excluding carboxylic acids is 2. The Morgan fingerprint density at radius 3 is 2.56 bits per heavy atom. The summed E-state index contributed by atoms with van der Waals surface area (Å²) in [6.07, 6.45) is -0.471. The van der Waals surface area contributed by atoms with Crippen LogP contribution in [0.2, 0.25) is 0 Å². The summed E-state index contributed by atoms with van der Waals surface area (Å²) in [5.41, 5.74) is 0.878. The number of carbonyl (C=O) groups is 2. The molecule has 4 rings (SSSR count). The molecule has 1 N–H and O–H groups in total. The Bertz CT molecular complexity index is 1280. The first kappa shape index (κ1) is 26.7. The third-order valence-corrected chi connectivity index (χ3v) is 9.33. The molecule has 11 heteroatoms. The van der Waals surface area contributed by atoms with E-state index in [1.165, 1.54) is 11.8 Å². The highest BCUT2D eigenvalue weighted by Crippen LogP contribution is 2.41. The molecule has 2 aromatic carbocycles. The number of sulfone groups is 1. The van der Waals surface area contributed by atoms with E-state index < -0.39 is 33.5 Å². The van der Waals surface area contributed by atoms with Gasteiger partial charge in [-0.3, -0.25) is 4.79 Å². The van der Waals surface area contributed by atoms with E-state index in [1.54, 1.807) is 20.8 Å². The van der Waals surface area contributed by atoms with E-state index in [-0.39, 0.29) is 29.2 Å². The lowest BCUT2D eigenvalue weighted by Gasteiger charge is -2.25. The minimum atomic E-state index is -3.19. The van der Waals surface area contributed by atoms with E-state index in [9.17, 15) is 18.0 Å². The predicted molar refractivity (Wildman–Crippen MR) is 146 cm³/mol. The zero-order valence-corrected chi connectivity index (χ0v) is 23.4. The fourth-order valence-corrected chi connectivity index (χ4v) is 8.47. The van der Waals surface area contributed by atoms with Crippen molar-refractivity contribution in [1.29, 1.82) is 0 Å². The average Bonchev–Trinajstić information content (AvgIpc) is 3.23. The Hall–Kier alpha value is -2.37. The molecule has 2 aliphatic heterocycles. The molecule has 0 bridgehead atoms. The number of alkyl carbamates (subject to hydrolysis) is 1. The highest BCUT2D eigenvalue weighted by molar-refractivity contribution is 9.10. The maximum Gasteiger partial charge on any atom is 0.408 e. The lowest BCUT2D eigenvalue weighted by Crippen LogP contribution is -2.45. The van der Waals surface area contributed by atoms with Crippen molar-refractivity contribution in [3.05, 3.63) is 64.6 Å². The maximum absolute atomic E-state index is 13.5. The van der Waals surface area contributed by atoms with Crippen molar-refractivity contribution in [2.24, 2.45) is 4.99 Å². The number of hydrogen-bond acceptors (Lipinski definition) is 6. The summed E-state index contributed by atoms with van der Waals surface area (Å²) in [6, 6.07) is 15.5. The Balaban J connectivity index is 1.65. The largest absolute Gasteiger partial charge is 0.444 e. The highest BCUT2D eigenvalue weighted by atomic mass is 79.9. The molecule has 3 atom stereocenters. The van der Waals surface area contributed by atoms with Crippen LogP contribution >= 0.6 is 27.7 Å². The Morgan fingerprint density at radius 1 is 1.17 bits per heavy atom. The molecule has 192 valence electrons. The topological polar surface area (TPSA) is 105 Å². The van der Waals surface area contributed by atoms with Crippen molar-refractivity contribution < 1.29 is 22.7 Å². The molecule has 2 amide bonds. The maximum atomic E-state index is 13.5. The summed E-state index contributed by atoms with van der Waals surface area (Å²) in [7, 11) is -3.19. The number of nitrogens with zero attached hydrogens (tertiary/aromatic N) is 2. The van der Waals surface area contributed by atoms with Gasteiger partial charge in [-0.05, 0) is 44.5 Å².